The molecule has 0 unspecified atom stereocenters. The van der Waals surface area contributed by atoms with Crippen molar-refractivity contribution in [1.29, 1.82) is 0 Å². The summed E-state index contributed by atoms with van der Waals surface area (Å²) in [6.45, 7) is 3.80. The van der Waals surface area contributed by atoms with Crippen LogP contribution >= 0.6 is 22.9 Å². The van der Waals surface area contributed by atoms with Crippen molar-refractivity contribution in [3.63, 3.8) is 0 Å². The van der Waals surface area contributed by atoms with Gasteiger partial charge in [0.15, 0.2) is 5.13 Å². The number of hydrogen-bond donors (Lipinski definition) is 2. The van der Waals surface area contributed by atoms with Gasteiger partial charge in [0.2, 0.25) is 5.91 Å². The first kappa shape index (κ1) is 20.3. The summed E-state index contributed by atoms with van der Waals surface area (Å²) < 4.78 is 27.1. The van der Waals surface area contributed by atoms with Gasteiger partial charge in [0.25, 0.3) is 10.0 Å². The number of benzene rings is 2. The van der Waals surface area contributed by atoms with Crippen LogP contribution in [0.15, 0.2) is 52.7 Å². The molecule has 3 aromatic rings. The van der Waals surface area contributed by atoms with Gasteiger partial charge < -0.3 is 5.32 Å². The van der Waals surface area contributed by atoms with Crippen LogP contribution in [0.5, 0.6) is 0 Å². The van der Waals surface area contributed by atoms with Crippen molar-refractivity contribution in [3.05, 3.63) is 69.7 Å². The summed E-state index contributed by atoms with van der Waals surface area (Å²) in [5.74, 6) is -0.281. The zero-order valence-corrected chi connectivity index (χ0v) is 17.6. The van der Waals surface area contributed by atoms with E-state index in [2.05, 4.69) is 15.0 Å². The smallest absolute Gasteiger partial charge is 0.263 e. The summed E-state index contributed by atoms with van der Waals surface area (Å²) in [6.07, 6.45) is 0.00715. The average Bonchev–Trinajstić information content (AvgIpc) is 3.05. The predicted molar refractivity (Wildman–Crippen MR) is 113 cm³/mol. The van der Waals surface area contributed by atoms with Gasteiger partial charge in [-0.05, 0) is 43.2 Å². The van der Waals surface area contributed by atoms with Gasteiger partial charge in [0, 0.05) is 5.38 Å². The van der Waals surface area contributed by atoms with Crippen LogP contribution in [0.3, 0.4) is 0 Å². The van der Waals surface area contributed by atoms with Crippen molar-refractivity contribution < 1.29 is 13.2 Å². The Balaban J connectivity index is 1.67. The summed E-state index contributed by atoms with van der Waals surface area (Å²) in [7, 11) is -3.71. The lowest BCUT2D eigenvalue weighted by Gasteiger charge is -2.11. The fourth-order valence-corrected chi connectivity index (χ4v) is 4.98. The molecule has 0 aliphatic carbocycles. The van der Waals surface area contributed by atoms with Crippen LogP contribution in [-0.2, 0) is 21.2 Å². The molecule has 0 aliphatic rings. The number of aromatic nitrogens is 1. The molecule has 0 fully saturated rings. The second kappa shape index (κ2) is 8.30. The fraction of sp³-hybridized carbons (Fsp3) is 0.158. The minimum absolute atomic E-state index is 0.00715. The summed E-state index contributed by atoms with van der Waals surface area (Å²) in [4.78, 5) is 16.7. The molecular formula is C19H18ClN3O3S2. The average molecular weight is 436 g/mol. The summed E-state index contributed by atoms with van der Waals surface area (Å²) in [5, 5.41) is 5.11. The summed E-state index contributed by atoms with van der Waals surface area (Å²) >= 11 is 7.33. The van der Waals surface area contributed by atoms with Crippen LogP contribution in [0.4, 0.5) is 10.8 Å². The van der Waals surface area contributed by atoms with E-state index >= 15 is 0 Å². The van der Waals surface area contributed by atoms with Gasteiger partial charge in [0.05, 0.1) is 27.7 Å². The normalized spacial score (nSPS) is 11.2. The SMILES string of the molecule is Cc1cc(C)c(NC(=O)Cc2csc(NS(=O)(=O)c3ccccc3)n2)c(Cl)c1. The molecule has 0 saturated heterocycles. The molecule has 0 atom stereocenters. The maximum atomic E-state index is 12.3. The van der Waals surface area contributed by atoms with Crippen molar-refractivity contribution in [2.45, 2.75) is 25.2 Å². The Hall–Kier alpha value is -2.42. The van der Waals surface area contributed by atoms with Crippen LogP contribution in [0.25, 0.3) is 0 Å². The van der Waals surface area contributed by atoms with E-state index in [1.54, 1.807) is 29.6 Å². The minimum Gasteiger partial charge on any atom is -0.324 e. The van der Waals surface area contributed by atoms with E-state index in [1.165, 1.54) is 12.1 Å². The van der Waals surface area contributed by atoms with Crippen LogP contribution in [0, 0.1) is 13.8 Å². The maximum absolute atomic E-state index is 12.3. The van der Waals surface area contributed by atoms with E-state index in [0.717, 1.165) is 22.5 Å². The molecule has 3 rings (SSSR count). The lowest BCUT2D eigenvalue weighted by Crippen LogP contribution is -2.16. The molecule has 0 radical (unpaired) electrons. The highest BCUT2D eigenvalue weighted by Gasteiger charge is 2.17. The van der Waals surface area contributed by atoms with Gasteiger partial charge >= 0.3 is 0 Å². The highest BCUT2D eigenvalue weighted by molar-refractivity contribution is 7.93. The van der Waals surface area contributed by atoms with Crippen molar-refractivity contribution in [2.75, 3.05) is 10.0 Å². The Kier molecular flexibility index (Phi) is 6.02. The lowest BCUT2D eigenvalue weighted by molar-refractivity contribution is -0.115. The minimum atomic E-state index is -3.71. The molecule has 2 N–H and O–H groups in total. The number of aryl methyl sites for hydroxylation is 2. The standard InChI is InChI=1S/C19H18ClN3O3S2/c1-12-8-13(2)18(16(20)9-12)22-17(24)10-14-11-27-19(21-14)23-28(25,26)15-6-4-3-5-7-15/h3-9,11H,10H2,1-2H3,(H,21,23)(H,22,24). The lowest BCUT2D eigenvalue weighted by atomic mass is 10.1. The van der Waals surface area contributed by atoms with Gasteiger partial charge in [0.1, 0.15) is 0 Å². The maximum Gasteiger partial charge on any atom is 0.263 e. The van der Waals surface area contributed by atoms with Gasteiger partial charge in [-0.2, -0.15) is 0 Å². The number of carbonyl (C=O) groups is 1. The molecule has 2 aromatic carbocycles. The fourth-order valence-electron chi connectivity index (χ4n) is 2.63. The van der Waals surface area contributed by atoms with Crippen LogP contribution in [0.1, 0.15) is 16.8 Å². The molecule has 0 saturated carbocycles. The number of nitrogens with one attached hydrogen (secondary N) is 2. The summed E-state index contributed by atoms with van der Waals surface area (Å²) in [6, 6.07) is 11.7. The molecule has 28 heavy (non-hydrogen) atoms. The van der Waals surface area contributed by atoms with Crippen molar-refractivity contribution in [2.24, 2.45) is 0 Å². The quantitative estimate of drug-likeness (QED) is 0.600. The number of hydrogen-bond acceptors (Lipinski definition) is 5. The number of halogens is 1. The number of thiazole rings is 1. The Morgan fingerprint density at radius 2 is 1.89 bits per heavy atom. The molecule has 9 heteroatoms. The van der Waals surface area contributed by atoms with Gasteiger partial charge in [-0.15, -0.1) is 11.3 Å². The molecule has 1 amide bonds. The predicted octanol–water partition coefficient (Wildman–Crippen LogP) is 4.40. The zero-order valence-electron chi connectivity index (χ0n) is 15.2. The second-order valence-corrected chi connectivity index (χ2v) is 9.17. The molecule has 0 bridgehead atoms. The third-order valence-corrected chi connectivity index (χ3v) is 6.45. The van der Waals surface area contributed by atoms with E-state index in [4.69, 9.17) is 11.6 Å². The third-order valence-electron chi connectivity index (χ3n) is 3.86. The van der Waals surface area contributed by atoms with Gasteiger partial charge in [-0.1, -0.05) is 35.9 Å². The van der Waals surface area contributed by atoms with Gasteiger partial charge in [-0.3, -0.25) is 9.52 Å². The van der Waals surface area contributed by atoms with Crippen LogP contribution in [-0.4, -0.2) is 19.3 Å². The first-order chi connectivity index (χ1) is 13.2. The van der Waals surface area contributed by atoms with E-state index in [-0.39, 0.29) is 22.4 Å². The number of amides is 1. The Morgan fingerprint density at radius 1 is 1.18 bits per heavy atom. The highest BCUT2D eigenvalue weighted by atomic mass is 35.5. The number of nitrogens with zero attached hydrogens (tertiary/aromatic N) is 1. The second-order valence-electron chi connectivity index (χ2n) is 6.23. The number of carbonyl (C=O) groups excluding carboxylic acids is 1. The Bertz CT molecular complexity index is 1090. The summed E-state index contributed by atoms with van der Waals surface area (Å²) in [5.41, 5.74) is 2.91. The number of rotatable bonds is 6. The van der Waals surface area contributed by atoms with E-state index in [0.29, 0.717) is 16.4 Å². The van der Waals surface area contributed by atoms with Crippen molar-refractivity contribution in [1.82, 2.24) is 4.98 Å². The molecule has 0 aliphatic heterocycles. The monoisotopic (exact) mass is 435 g/mol. The Labute approximate surface area is 172 Å². The molecule has 1 heterocycles. The first-order valence-electron chi connectivity index (χ1n) is 8.33. The highest BCUT2D eigenvalue weighted by Crippen LogP contribution is 2.27. The van der Waals surface area contributed by atoms with Crippen molar-refractivity contribution in [3.8, 4) is 0 Å². The van der Waals surface area contributed by atoms with E-state index < -0.39 is 10.0 Å². The van der Waals surface area contributed by atoms with Crippen molar-refractivity contribution >= 4 is 49.7 Å². The van der Waals surface area contributed by atoms with Gasteiger partial charge in [-0.25, -0.2) is 13.4 Å². The zero-order chi connectivity index (χ0) is 20.3. The largest absolute Gasteiger partial charge is 0.324 e. The van der Waals surface area contributed by atoms with Crippen LogP contribution in [0.2, 0.25) is 5.02 Å². The molecule has 6 nitrogen and oxygen atoms in total. The van der Waals surface area contributed by atoms with E-state index in [9.17, 15) is 13.2 Å². The molecular weight excluding hydrogens is 418 g/mol. The Morgan fingerprint density at radius 3 is 2.57 bits per heavy atom. The molecule has 1 aromatic heterocycles. The number of anilines is 2. The third kappa shape index (κ3) is 4.89. The van der Waals surface area contributed by atoms with Crippen LogP contribution < -0.4 is 10.0 Å². The number of sulfonamides is 1. The topological polar surface area (TPSA) is 88.2 Å². The first-order valence-corrected chi connectivity index (χ1v) is 11.1. The molecule has 146 valence electrons. The van der Waals surface area contributed by atoms with E-state index in [1.807, 2.05) is 19.9 Å². The molecule has 0 spiro atoms.